The lowest BCUT2D eigenvalue weighted by atomic mass is 10.2. The number of carbonyl (C=O) groups excluding carboxylic acids is 2. The monoisotopic (exact) mass is 370 g/mol. The number of hydrogen-bond acceptors (Lipinski definition) is 3. The van der Waals surface area contributed by atoms with Crippen molar-refractivity contribution in [2.45, 2.75) is 13.3 Å². The maximum Gasteiger partial charge on any atom is 0.255 e. The van der Waals surface area contributed by atoms with Gasteiger partial charge in [0.2, 0.25) is 5.91 Å². The lowest BCUT2D eigenvalue weighted by Crippen LogP contribution is -2.38. The van der Waals surface area contributed by atoms with E-state index >= 15 is 0 Å². The van der Waals surface area contributed by atoms with Gasteiger partial charge in [0.25, 0.3) is 5.91 Å². The second-order valence-corrected chi connectivity index (χ2v) is 6.53. The molecule has 7 heteroatoms. The first kappa shape index (κ1) is 17.8. The van der Waals surface area contributed by atoms with Gasteiger partial charge in [0.05, 0.1) is 16.3 Å². The van der Waals surface area contributed by atoms with E-state index in [0.717, 1.165) is 6.42 Å². The molecule has 0 spiro atoms. The highest BCUT2D eigenvalue weighted by molar-refractivity contribution is 7.08. The van der Waals surface area contributed by atoms with E-state index in [1.54, 1.807) is 29.6 Å². The summed E-state index contributed by atoms with van der Waals surface area (Å²) in [6, 6.07) is 6.58. The van der Waals surface area contributed by atoms with Crippen molar-refractivity contribution in [2.24, 2.45) is 0 Å². The lowest BCUT2D eigenvalue weighted by molar-refractivity contribution is -0.116. The van der Waals surface area contributed by atoms with Crippen molar-refractivity contribution in [3.8, 4) is 0 Å². The Labute approximate surface area is 149 Å². The summed E-state index contributed by atoms with van der Waals surface area (Å²) in [7, 11) is 0. The van der Waals surface area contributed by atoms with Gasteiger partial charge in [-0.15, -0.1) is 0 Å². The van der Waals surface area contributed by atoms with Crippen molar-refractivity contribution in [3.63, 3.8) is 0 Å². The fourth-order valence-corrected chi connectivity index (χ4v) is 3.13. The molecule has 0 radical (unpaired) electrons. The molecule has 1 N–H and O–H groups in total. The molecule has 4 nitrogen and oxygen atoms in total. The molecule has 2 aromatic rings. The molecule has 1 aromatic carbocycles. The van der Waals surface area contributed by atoms with Crippen molar-refractivity contribution in [1.82, 2.24) is 4.90 Å². The first-order valence-corrected chi connectivity index (χ1v) is 8.77. The number of benzene rings is 1. The zero-order valence-electron chi connectivity index (χ0n) is 12.5. The summed E-state index contributed by atoms with van der Waals surface area (Å²) in [6.45, 7) is 2.44. The topological polar surface area (TPSA) is 49.4 Å². The summed E-state index contributed by atoms with van der Waals surface area (Å²) in [5.74, 6) is -0.447. The van der Waals surface area contributed by atoms with E-state index in [0.29, 0.717) is 27.8 Å². The predicted octanol–water partition coefficient (Wildman–Crippen LogP) is 4.55. The van der Waals surface area contributed by atoms with Gasteiger partial charge in [-0.25, -0.2) is 0 Å². The van der Waals surface area contributed by atoms with E-state index in [9.17, 15) is 9.59 Å². The largest absolute Gasteiger partial charge is 0.329 e. The standard InChI is InChI=1S/C16H16Cl2N2O2S/c1-2-6-20(16(22)11-5-7-23-10-11)9-15(21)19-14-4-3-12(17)8-13(14)18/h3-5,7-8,10H,2,6,9H2,1H3,(H,19,21). The Morgan fingerprint density at radius 3 is 2.65 bits per heavy atom. The smallest absolute Gasteiger partial charge is 0.255 e. The molecule has 2 rings (SSSR count). The van der Waals surface area contributed by atoms with Crippen LogP contribution in [-0.4, -0.2) is 29.8 Å². The maximum absolute atomic E-state index is 12.4. The lowest BCUT2D eigenvalue weighted by Gasteiger charge is -2.21. The molecule has 0 saturated carbocycles. The van der Waals surface area contributed by atoms with E-state index in [4.69, 9.17) is 23.2 Å². The van der Waals surface area contributed by atoms with Gasteiger partial charge in [-0.3, -0.25) is 9.59 Å². The molecule has 0 aliphatic heterocycles. The van der Waals surface area contributed by atoms with E-state index in [-0.39, 0.29) is 18.4 Å². The number of carbonyl (C=O) groups is 2. The summed E-state index contributed by atoms with van der Waals surface area (Å²) in [5, 5.41) is 7.17. The van der Waals surface area contributed by atoms with Gasteiger partial charge >= 0.3 is 0 Å². The second-order valence-electron chi connectivity index (χ2n) is 4.91. The molecule has 1 aromatic heterocycles. The van der Waals surface area contributed by atoms with E-state index in [1.807, 2.05) is 12.3 Å². The van der Waals surface area contributed by atoms with Gasteiger partial charge < -0.3 is 10.2 Å². The van der Waals surface area contributed by atoms with Crippen LogP contribution < -0.4 is 5.32 Å². The van der Waals surface area contributed by atoms with Crippen LogP contribution in [0.5, 0.6) is 0 Å². The van der Waals surface area contributed by atoms with Gasteiger partial charge in [0.15, 0.2) is 0 Å². The Balaban J connectivity index is 2.04. The van der Waals surface area contributed by atoms with Crippen LogP contribution in [0.2, 0.25) is 10.0 Å². The predicted molar refractivity (Wildman–Crippen MR) is 95.6 cm³/mol. The van der Waals surface area contributed by atoms with Crippen molar-refractivity contribution in [3.05, 3.63) is 50.6 Å². The van der Waals surface area contributed by atoms with Crippen LogP contribution in [0.4, 0.5) is 5.69 Å². The number of nitrogens with one attached hydrogen (secondary N) is 1. The molecule has 0 unspecified atom stereocenters. The third-order valence-electron chi connectivity index (χ3n) is 3.09. The summed E-state index contributed by atoms with van der Waals surface area (Å²) in [6.07, 6.45) is 0.769. The Hall–Kier alpha value is -1.56. The first-order chi connectivity index (χ1) is 11.0. The molecule has 0 saturated heterocycles. The molecule has 2 amide bonds. The van der Waals surface area contributed by atoms with Crippen LogP contribution in [0.3, 0.4) is 0 Å². The van der Waals surface area contributed by atoms with Gasteiger partial charge in [-0.05, 0) is 36.1 Å². The van der Waals surface area contributed by atoms with E-state index < -0.39 is 0 Å². The van der Waals surface area contributed by atoms with Crippen molar-refractivity contribution in [2.75, 3.05) is 18.4 Å². The van der Waals surface area contributed by atoms with Crippen molar-refractivity contribution < 1.29 is 9.59 Å². The van der Waals surface area contributed by atoms with Crippen LogP contribution in [0.15, 0.2) is 35.0 Å². The van der Waals surface area contributed by atoms with Gasteiger partial charge in [-0.1, -0.05) is 30.1 Å². The molecular weight excluding hydrogens is 355 g/mol. The molecule has 0 atom stereocenters. The number of halogens is 2. The fourth-order valence-electron chi connectivity index (χ4n) is 2.04. The van der Waals surface area contributed by atoms with Gasteiger partial charge in [0.1, 0.15) is 6.54 Å². The Morgan fingerprint density at radius 2 is 2.04 bits per heavy atom. The van der Waals surface area contributed by atoms with Crippen LogP contribution in [-0.2, 0) is 4.79 Å². The molecule has 23 heavy (non-hydrogen) atoms. The zero-order chi connectivity index (χ0) is 16.8. The quantitative estimate of drug-likeness (QED) is 0.810. The average Bonchev–Trinajstić information content (AvgIpc) is 3.03. The zero-order valence-corrected chi connectivity index (χ0v) is 14.8. The van der Waals surface area contributed by atoms with E-state index in [1.165, 1.54) is 16.2 Å². The van der Waals surface area contributed by atoms with E-state index in [2.05, 4.69) is 5.32 Å². The third kappa shape index (κ3) is 4.96. The number of anilines is 1. The molecule has 0 fully saturated rings. The number of rotatable bonds is 6. The third-order valence-corrected chi connectivity index (χ3v) is 4.32. The van der Waals surface area contributed by atoms with Crippen LogP contribution in [0.1, 0.15) is 23.7 Å². The van der Waals surface area contributed by atoms with Crippen molar-refractivity contribution in [1.29, 1.82) is 0 Å². The van der Waals surface area contributed by atoms with Crippen LogP contribution >= 0.6 is 34.5 Å². The minimum atomic E-state index is -0.300. The average molecular weight is 371 g/mol. The first-order valence-electron chi connectivity index (χ1n) is 7.07. The molecule has 0 aliphatic carbocycles. The number of nitrogens with zero attached hydrogens (tertiary/aromatic N) is 1. The second kappa shape index (κ2) is 8.34. The van der Waals surface area contributed by atoms with Crippen LogP contribution in [0, 0.1) is 0 Å². The summed E-state index contributed by atoms with van der Waals surface area (Å²) < 4.78 is 0. The Kier molecular flexibility index (Phi) is 6.45. The van der Waals surface area contributed by atoms with Crippen LogP contribution in [0.25, 0.3) is 0 Å². The maximum atomic E-state index is 12.4. The molecule has 122 valence electrons. The van der Waals surface area contributed by atoms with Gasteiger partial charge in [0, 0.05) is 16.9 Å². The molecule has 0 bridgehead atoms. The highest BCUT2D eigenvalue weighted by atomic mass is 35.5. The Bertz CT molecular complexity index is 689. The SMILES string of the molecule is CCCN(CC(=O)Nc1ccc(Cl)cc1Cl)C(=O)c1ccsc1. The molecule has 1 heterocycles. The highest BCUT2D eigenvalue weighted by Gasteiger charge is 2.19. The normalized spacial score (nSPS) is 10.4. The minimum absolute atomic E-state index is 0.0263. The summed E-state index contributed by atoms with van der Waals surface area (Å²) in [5.41, 5.74) is 1.07. The number of hydrogen-bond donors (Lipinski definition) is 1. The van der Waals surface area contributed by atoms with Crippen molar-refractivity contribution >= 4 is 52.0 Å². The van der Waals surface area contributed by atoms with Gasteiger partial charge in [-0.2, -0.15) is 11.3 Å². The molecular formula is C16H16Cl2N2O2S. The minimum Gasteiger partial charge on any atom is -0.329 e. The number of amides is 2. The highest BCUT2D eigenvalue weighted by Crippen LogP contribution is 2.25. The summed E-state index contributed by atoms with van der Waals surface area (Å²) >= 11 is 13.3. The fraction of sp³-hybridized carbons (Fsp3) is 0.250. The molecule has 0 aliphatic rings. The Morgan fingerprint density at radius 1 is 1.26 bits per heavy atom. The number of thiophene rings is 1. The summed E-state index contributed by atoms with van der Waals surface area (Å²) in [4.78, 5) is 26.1.